The number of hydrogen-bond acceptors (Lipinski definition) is 6. The van der Waals surface area contributed by atoms with Crippen LogP contribution >= 0.6 is 0 Å². The number of methoxy groups -OCH3 is 2. The molecule has 0 aliphatic heterocycles. The summed E-state index contributed by atoms with van der Waals surface area (Å²) in [4.78, 5) is 33.7. The van der Waals surface area contributed by atoms with Crippen LogP contribution < -0.4 is 14.8 Å². The summed E-state index contributed by atoms with van der Waals surface area (Å²) in [5.74, 6) is 1.08. The number of carbonyl (C=O) groups excluding carboxylic acids is 2. The second-order valence-corrected chi connectivity index (χ2v) is 7.02. The minimum atomic E-state index is -0.297. The zero-order chi connectivity index (χ0) is 21.1. The second kappa shape index (κ2) is 8.32. The van der Waals surface area contributed by atoms with Crippen LogP contribution in [0, 0.1) is 0 Å². The molecule has 1 N–H and O–H groups in total. The van der Waals surface area contributed by atoms with Crippen LogP contribution in [0.3, 0.4) is 0 Å². The molecule has 1 atom stereocenters. The van der Waals surface area contributed by atoms with E-state index in [1.165, 1.54) is 6.20 Å². The number of nitrogens with zero attached hydrogens (tertiary/aromatic N) is 2. The van der Waals surface area contributed by atoms with E-state index in [1.54, 1.807) is 38.5 Å². The molecule has 1 aliphatic rings. The molecule has 0 fully saturated rings. The molecule has 0 unspecified atom stereocenters. The van der Waals surface area contributed by atoms with Crippen molar-refractivity contribution in [3.05, 3.63) is 77.1 Å². The maximum Gasteiger partial charge on any atom is 0.258 e. The summed E-state index contributed by atoms with van der Waals surface area (Å²) in [6.07, 6.45) is 2.42. The van der Waals surface area contributed by atoms with Gasteiger partial charge in [-0.15, -0.1) is 0 Å². The van der Waals surface area contributed by atoms with Crippen molar-refractivity contribution >= 4 is 17.6 Å². The highest BCUT2D eigenvalue weighted by molar-refractivity contribution is 6.03. The van der Waals surface area contributed by atoms with E-state index < -0.39 is 0 Å². The summed E-state index contributed by atoms with van der Waals surface area (Å²) in [6, 6.07) is 14.5. The van der Waals surface area contributed by atoms with Crippen LogP contribution in [-0.2, 0) is 6.42 Å². The van der Waals surface area contributed by atoms with E-state index >= 15 is 0 Å². The molecule has 0 spiro atoms. The van der Waals surface area contributed by atoms with Crippen molar-refractivity contribution in [3.8, 4) is 11.5 Å². The fourth-order valence-corrected chi connectivity index (χ4v) is 3.61. The molecule has 1 heterocycles. The molecule has 0 saturated carbocycles. The third kappa shape index (κ3) is 3.87. The molecule has 2 aromatic carbocycles. The van der Waals surface area contributed by atoms with Crippen LogP contribution in [0.25, 0.3) is 0 Å². The molecule has 30 heavy (non-hydrogen) atoms. The van der Waals surface area contributed by atoms with Gasteiger partial charge in [0.15, 0.2) is 17.3 Å². The Bertz CT molecular complexity index is 1100. The number of rotatable bonds is 5. The third-order valence-corrected chi connectivity index (χ3v) is 5.18. The Balaban J connectivity index is 1.58. The van der Waals surface area contributed by atoms with Gasteiger partial charge in [-0.2, -0.15) is 0 Å². The van der Waals surface area contributed by atoms with Gasteiger partial charge >= 0.3 is 0 Å². The lowest BCUT2D eigenvalue weighted by molar-refractivity contribution is 0.0962. The van der Waals surface area contributed by atoms with Crippen molar-refractivity contribution in [2.24, 2.45) is 0 Å². The number of benzene rings is 2. The first kappa shape index (κ1) is 19.6. The summed E-state index contributed by atoms with van der Waals surface area (Å²) in [5, 5.41) is 2.70. The Morgan fingerprint density at radius 2 is 1.80 bits per heavy atom. The zero-order valence-corrected chi connectivity index (χ0v) is 16.7. The Morgan fingerprint density at radius 1 is 1.03 bits per heavy atom. The Kier molecular flexibility index (Phi) is 5.43. The van der Waals surface area contributed by atoms with Gasteiger partial charge in [-0.3, -0.25) is 14.9 Å². The van der Waals surface area contributed by atoms with Crippen LogP contribution in [0.4, 0.5) is 5.95 Å². The lowest BCUT2D eigenvalue weighted by Crippen LogP contribution is -2.22. The Hall–Kier alpha value is -3.74. The van der Waals surface area contributed by atoms with Crippen molar-refractivity contribution < 1.29 is 19.1 Å². The standard InChI is InChI=1S/C23H21N3O4/c1-29-20-9-8-15(12-21(20)30-2)16-10-18-17(19(27)11-16)13-24-23(25-18)26-22(28)14-6-4-3-5-7-14/h3-9,12-13,16H,10-11H2,1-2H3,(H,24,25,26,28)/t16-/m1/s1. The molecule has 7 heteroatoms. The number of fused-ring (bicyclic) bond motifs is 1. The van der Waals surface area contributed by atoms with Crippen molar-refractivity contribution in [3.63, 3.8) is 0 Å². The molecular formula is C23H21N3O4. The van der Waals surface area contributed by atoms with E-state index in [2.05, 4.69) is 15.3 Å². The predicted molar refractivity (Wildman–Crippen MR) is 111 cm³/mol. The summed E-state index contributed by atoms with van der Waals surface area (Å²) >= 11 is 0. The average molecular weight is 403 g/mol. The molecule has 7 nitrogen and oxygen atoms in total. The number of nitrogens with one attached hydrogen (secondary N) is 1. The topological polar surface area (TPSA) is 90.4 Å². The second-order valence-electron chi connectivity index (χ2n) is 7.02. The number of anilines is 1. The van der Waals surface area contributed by atoms with Gasteiger partial charge in [0.1, 0.15) is 0 Å². The van der Waals surface area contributed by atoms with E-state index in [4.69, 9.17) is 9.47 Å². The molecule has 1 amide bonds. The summed E-state index contributed by atoms with van der Waals surface area (Å²) in [6.45, 7) is 0. The molecule has 152 valence electrons. The summed E-state index contributed by atoms with van der Waals surface area (Å²) in [7, 11) is 3.16. The van der Waals surface area contributed by atoms with Gasteiger partial charge < -0.3 is 9.47 Å². The van der Waals surface area contributed by atoms with Gasteiger partial charge in [0.2, 0.25) is 5.95 Å². The van der Waals surface area contributed by atoms with Gasteiger partial charge in [0.25, 0.3) is 5.91 Å². The van der Waals surface area contributed by atoms with Gasteiger partial charge in [0.05, 0.1) is 25.5 Å². The van der Waals surface area contributed by atoms with Crippen LogP contribution in [0.5, 0.6) is 11.5 Å². The first-order valence-electron chi connectivity index (χ1n) is 9.56. The van der Waals surface area contributed by atoms with E-state index in [0.717, 1.165) is 5.56 Å². The highest BCUT2D eigenvalue weighted by Gasteiger charge is 2.29. The van der Waals surface area contributed by atoms with Crippen LogP contribution in [0.1, 0.15) is 44.3 Å². The minimum Gasteiger partial charge on any atom is -0.493 e. The highest BCUT2D eigenvalue weighted by Crippen LogP contribution is 2.36. The fraction of sp³-hybridized carbons (Fsp3) is 0.217. The van der Waals surface area contributed by atoms with E-state index in [1.807, 2.05) is 24.3 Å². The minimum absolute atomic E-state index is 0.0167. The molecule has 4 rings (SSSR count). The largest absolute Gasteiger partial charge is 0.493 e. The molecule has 1 aromatic heterocycles. The van der Waals surface area contributed by atoms with E-state index in [-0.39, 0.29) is 23.6 Å². The molecule has 1 aliphatic carbocycles. The first-order valence-corrected chi connectivity index (χ1v) is 9.56. The molecule has 3 aromatic rings. The van der Waals surface area contributed by atoms with E-state index in [9.17, 15) is 9.59 Å². The predicted octanol–water partition coefficient (Wildman–Crippen LogP) is 3.66. The number of amides is 1. The zero-order valence-electron chi connectivity index (χ0n) is 16.7. The quantitative estimate of drug-likeness (QED) is 0.699. The van der Waals surface area contributed by atoms with Crippen LogP contribution in [0.2, 0.25) is 0 Å². The molecule has 0 bridgehead atoms. The number of Topliss-reactive ketones (excluding diaryl/α,β-unsaturated/α-hetero) is 1. The number of ether oxygens (including phenoxy) is 2. The summed E-state index contributed by atoms with van der Waals surface area (Å²) < 4.78 is 10.7. The van der Waals surface area contributed by atoms with Crippen molar-refractivity contribution in [2.75, 3.05) is 19.5 Å². The molecule has 0 saturated heterocycles. The monoisotopic (exact) mass is 403 g/mol. The SMILES string of the molecule is COc1ccc([C@H]2CC(=O)c3cnc(NC(=O)c4ccccc4)nc3C2)cc1OC. The van der Waals surface area contributed by atoms with Crippen molar-refractivity contribution in [1.82, 2.24) is 9.97 Å². The number of aromatic nitrogens is 2. The van der Waals surface area contributed by atoms with E-state index in [0.29, 0.717) is 41.2 Å². The normalized spacial score (nSPS) is 15.3. The van der Waals surface area contributed by atoms with Gasteiger partial charge in [-0.1, -0.05) is 24.3 Å². The van der Waals surface area contributed by atoms with Gasteiger partial charge in [-0.25, -0.2) is 9.97 Å². The van der Waals surface area contributed by atoms with Crippen molar-refractivity contribution in [2.45, 2.75) is 18.8 Å². The summed E-state index contributed by atoms with van der Waals surface area (Å²) in [5.41, 5.74) is 2.62. The van der Waals surface area contributed by atoms with Crippen molar-refractivity contribution in [1.29, 1.82) is 0 Å². The first-order chi connectivity index (χ1) is 14.6. The molecular weight excluding hydrogens is 382 g/mol. The maximum atomic E-state index is 12.7. The highest BCUT2D eigenvalue weighted by atomic mass is 16.5. The number of hydrogen-bond donors (Lipinski definition) is 1. The Labute approximate surface area is 174 Å². The number of ketones is 1. The fourth-order valence-electron chi connectivity index (χ4n) is 3.61. The van der Waals surface area contributed by atoms with Crippen LogP contribution in [-0.4, -0.2) is 35.9 Å². The Morgan fingerprint density at radius 3 is 2.53 bits per heavy atom. The third-order valence-electron chi connectivity index (χ3n) is 5.18. The van der Waals surface area contributed by atoms with Gasteiger partial charge in [0, 0.05) is 18.2 Å². The lowest BCUT2D eigenvalue weighted by Gasteiger charge is -2.24. The maximum absolute atomic E-state index is 12.7. The number of carbonyl (C=O) groups is 2. The van der Waals surface area contributed by atoms with Crippen LogP contribution in [0.15, 0.2) is 54.7 Å². The smallest absolute Gasteiger partial charge is 0.258 e. The van der Waals surface area contributed by atoms with Gasteiger partial charge in [-0.05, 0) is 42.2 Å². The lowest BCUT2D eigenvalue weighted by atomic mass is 9.82. The average Bonchev–Trinajstić information content (AvgIpc) is 2.78. The molecule has 0 radical (unpaired) electrons.